The van der Waals surface area contributed by atoms with Crippen LogP contribution in [0, 0.1) is 10.4 Å². The molecule has 0 aliphatic carbocycles. The first-order chi connectivity index (χ1) is 16.1. The lowest BCUT2D eigenvalue weighted by Gasteiger charge is -2.27. The van der Waals surface area contributed by atoms with Crippen LogP contribution in [0.3, 0.4) is 0 Å². The van der Waals surface area contributed by atoms with Crippen LogP contribution >= 0.6 is 0 Å². The summed E-state index contributed by atoms with van der Waals surface area (Å²) in [5, 5.41) is 41.0. The van der Waals surface area contributed by atoms with Crippen molar-refractivity contribution in [3.05, 3.63) is 141 Å². The largest absolute Gasteiger partial charge is 0.805 e. The van der Waals surface area contributed by atoms with Crippen LogP contribution in [0.1, 0.15) is 11.1 Å². The number of nitrogens with zero attached hydrogens (tertiary/aromatic N) is 2. The van der Waals surface area contributed by atoms with Gasteiger partial charge in [0.1, 0.15) is 0 Å². The van der Waals surface area contributed by atoms with Crippen molar-refractivity contribution in [2.75, 3.05) is 0 Å². The summed E-state index contributed by atoms with van der Waals surface area (Å²) in [5.41, 5.74) is 1.00. The topological polar surface area (TPSA) is 74.3 Å². The highest BCUT2D eigenvalue weighted by molar-refractivity contribution is 6.02. The van der Waals surface area contributed by atoms with Crippen molar-refractivity contribution in [1.82, 2.24) is 9.47 Å². The van der Waals surface area contributed by atoms with Gasteiger partial charge in [0.2, 0.25) is 5.36 Å². The van der Waals surface area contributed by atoms with E-state index in [1.54, 1.807) is 42.5 Å². The van der Waals surface area contributed by atoms with E-state index in [0.29, 0.717) is 54.2 Å². The van der Waals surface area contributed by atoms with E-state index in [-0.39, 0.29) is 0 Å². The first-order valence-electron chi connectivity index (χ1n) is 10.7. The summed E-state index contributed by atoms with van der Waals surface area (Å²) in [6.45, 7) is 0. The number of benzene rings is 4. The summed E-state index contributed by atoms with van der Waals surface area (Å²) in [6, 6.07) is 32.6. The molecule has 0 radical (unpaired) electrons. The lowest BCUT2D eigenvalue weighted by Crippen LogP contribution is -2.42. The number of hydrogen-bond donors (Lipinski definition) is 1. The molecule has 6 rings (SSSR count). The molecule has 5 heteroatoms. The molecule has 1 aliphatic heterocycles. The lowest BCUT2D eigenvalue weighted by molar-refractivity contribution is 0.0587. The van der Waals surface area contributed by atoms with Crippen molar-refractivity contribution < 1.29 is 5.11 Å². The number of rotatable bonds is 3. The van der Waals surface area contributed by atoms with Gasteiger partial charge < -0.3 is 20.3 Å². The lowest BCUT2D eigenvalue weighted by atomic mass is 9.86. The van der Waals surface area contributed by atoms with Crippen molar-refractivity contribution in [1.29, 1.82) is 0 Å². The first kappa shape index (κ1) is 19.3. The number of aromatic nitrogens is 1. The van der Waals surface area contributed by atoms with Gasteiger partial charge in [-0.05, 0) is 29.8 Å². The predicted molar refractivity (Wildman–Crippen MR) is 129 cm³/mol. The second kappa shape index (κ2) is 7.08. The standard InChI is InChI=1S/C28H19N2O3/c31-28(20-13-5-2-6-14-20)26(22-16-8-10-18-24(22)30(28)33)25-21-15-7-9-17-23(21)29(32)27(25)19-11-3-1-4-12-19/h1-18,31H/q-1. The molecule has 1 aliphatic rings. The Morgan fingerprint density at radius 3 is 2.09 bits per heavy atom. The second-order valence-corrected chi connectivity index (χ2v) is 8.13. The fourth-order valence-electron chi connectivity index (χ4n) is 4.89. The molecule has 4 aromatic carbocycles. The van der Waals surface area contributed by atoms with Gasteiger partial charge in [0.15, 0.2) is 0 Å². The molecule has 1 unspecified atom stereocenters. The van der Waals surface area contributed by atoms with Gasteiger partial charge >= 0.3 is 5.72 Å². The molecule has 0 bridgehead atoms. The summed E-state index contributed by atoms with van der Waals surface area (Å²) >= 11 is 0. The van der Waals surface area contributed by atoms with Crippen molar-refractivity contribution in [2.24, 2.45) is 0 Å². The minimum Gasteiger partial charge on any atom is -0.805 e. The van der Waals surface area contributed by atoms with E-state index in [2.05, 4.69) is 0 Å². The Morgan fingerprint density at radius 2 is 1.33 bits per heavy atom. The van der Waals surface area contributed by atoms with Crippen molar-refractivity contribution >= 4 is 16.5 Å². The molecular weight excluding hydrogens is 412 g/mol. The zero-order chi connectivity index (χ0) is 22.6. The van der Waals surface area contributed by atoms with Gasteiger partial charge in [-0.25, -0.2) is 0 Å². The van der Waals surface area contributed by atoms with Gasteiger partial charge in [-0.15, -0.1) is 0 Å². The van der Waals surface area contributed by atoms with Gasteiger partial charge in [-0.2, -0.15) is 4.74 Å². The summed E-state index contributed by atoms with van der Waals surface area (Å²) in [5.74, 6) is 0. The molecule has 2 heterocycles. The molecule has 1 atom stereocenters. The molecule has 0 saturated carbocycles. The van der Waals surface area contributed by atoms with Crippen LogP contribution in [0.2, 0.25) is 0 Å². The smallest absolute Gasteiger partial charge is 0.331 e. The van der Waals surface area contributed by atoms with E-state index in [0.717, 1.165) is 4.73 Å². The summed E-state index contributed by atoms with van der Waals surface area (Å²) < 4.78 is 1.55. The Labute approximate surface area is 189 Å². The van der Waals surface area contributed by atoms with E-state index in [4.69, 9.17) is 0 Å². The van der Waals surface area contributed by atoms with E-state index in [1.807, 2.05) is 66.7 Å². The normalized spacial score (nSPS) is 17.5. The quantitative estimate of drug-likeness (QED) is 0.350. The van der Waals surface area contributed by atoms with Crippen LogP contribution in [-0.4, -0.2) is 9.84 Å². The molecule has 5 nitrogen and oxygen atoms in total. The van der Waals surface area contributed by atoms with Gasteiger partial charge in [-0.3, -0.25) is 0 Å². The minimum atomic E-state index is -2.00. The highest BCUT2D eigenvalue weighted by Gasteiger charge is 2.49. The molecule has 0 saturated heterocycles. The zero-order valence-electron chi connectivity index (χ0n) is 17.6. The number of aliphatic hydroxyl groups is 1. The summed E-state index contributed by atoms with van der Waals surface area (Å²) in [6.07, 6.45) is 0. The Hall–Kier alpha value is -4.35. The maximum atomic E-state index is 13.7. The van der Waals surface area contributed by atoms with Crippen LogP contribution in [0.15, 0.2) is 109 Å². The van der Waals surface area contributed by atoms with Gasteiger partial charge in [0, 0.05) is 22.5 Å². The minimum absolute atomic E-state index is 0.362. The molecule has 1 aromatic heterocycles. The Morgan fingerprint density at radius 1 is 0.727 bits per heavy atom. The number of hydrogen-bond acceptors (Lipinski definition) is 3. The average Bonchev–Trinajstić information content (AvgIpc) is 3.29. The van der Waals surface area contributed by atoms with Crippen LogP contribution in [0.4, 0.5) is 0 Å². The van der Waals surface area contributed by atoms with Gasteiger partial charge in [0.25, 0.3) is 0 Å². The molecule has 5 aromatic rings. The van der Waals surface area contributed by atoms with E-state index in [9.17, 15) is 15.5 Å². The van der Waals surface area contributed by atoms with E-state index < -0.39 is 5.72 Å². The maximum absolute atomic E-state index is 13.7. The van der Waals surface area contributed by atoms with Crippen molar-refractivity contribution in [3.63, 3.8) is 0 Å². The fraction of sp³-hybridized carbons (Fsp3) is 0.0357. The Balaban J connectivity index is 1.84. The molecule has 1 N–H and O–H groups in total. The third kappa shape index (κ3) is 2.60. The predicted octanol–water partition coefficient (Wildman–Crippen LogP) is 3.70. The zero-order valence-corrected chi connectivity index (χ0v) is 17.6. The molecule has 0 amide bonds. The molecule has 0 fully saturated rings. The molecule has 33 heavy (non-hydrogen) atoms. The van der Waals surface area contributed by atoms with E-state index in [1.165, 1.54) is 0 Å². The number of hydroxylamine groups is 1. The summed E-state index contributed by atoms with van der Waals surface area (Å²) in [4.78, 5) is 0. The molecule has 160 valence electrons. The van der Waals surface area contributed by atoms with Crippen LogP contribution in [0.25, 0.3) is 27.7 Å². The molecular formula is C28H19N2O3-. The second-order valence-electron chi connectivity index (χ2n) is 8.13. The van der Waals surface area contributed by atoms with Gasteiger partial charge in [-0.1, -0.05) is 78.9 Å². The third-order valence-corrected chi connectivity index (χ3v) is 6.34. The number of para-hydroxylation sites is 2. The van der Waals surface area contributed by atoms with E-state index >= 15 is 0 Å². The van der Waals surface area contributed by atoms with Crippen LogP contribution in [0.5, 0.6) is 0 Å². The highest BCUT2D eigenvalue weighted by atomic mass is 16.5. The van der Waals surface area contributed by atoms with Crippen molar-refractivity contribution in [3.8, 4) is 11.3 Å². The monoisotopic (exact) mass is 431 g/mol. The maximum Gasteiger partial charge on any atom is 0.331 e. The Bertz CT molecular complexity index is 1640. The van der Waals surface area contributed by atoms with Gasteiger partial charge in [0.05, 0.1) is 22.0 Å². The highest BCUT2D eigenvalue weighted by Crippen LogP contribution is 2.44. The molecule has 0 spiro atoms. The summed E-state index contributed by atoms with van der Waals surface area (Å²) in [7, 11) is 0. The average molecular weight is 431 g/mol. The van der Waals surface area contributed by atoms with Crippen LogP contribution < -0.4 is 15.3 Å². The Kier molecular flexibility index (Phi) is 4.15. The first-order valence-corrected chi connectivity index (χ1v) is 10.7. The fourth-order valence-corrected chi connectivity index (χ4v) is 4.89. The SMILES string of the molecule is [O-]n1c(-c2ccccc2)c(C2=c3ccccc3=[N+]([O-])C2(O)c2ccccc2)c2ccccc21. The van der Waals surface area contributed by atoms with Crippen LogP contribution in [-0.2, 0) is 5.72 Å². The number of fused-ring (bicyclic) bond motifs is 2. The van der Waals surface area contributed by atoms with Crippen molar-refractivity contribution in [2.45, 2.75) is 5.72 Å². The third-order valence-electron chi connectivity index (χ3n) is 6.34.